The maximum Gasteiger partial charge on any atom is 0.472 e. The number of carbonyl (C=O) groups excluding carboxylic acids is 2. The van der Waals surface area contributed by atoms with Crippen molar-refractivity contribution in [2.75, 3.05) is 20.3 Å². The third-order valence-electron chi connectivity index (χ3n) is 10.3. The van der Waals surface area contributed by atoms with E-state index < -0.39 is 26.5 Å². The van der Waals surface area contributed by atoms with Gasteiger partial charge in [0.05, 0.1) is 6.61 Å². The molecular formula is C49H89O8P. The standard InChI is InChI=1S/C49H89O8P/c1-4-6-8-10-12-14-16-18-20-22-24-25-26-28-30-32-34-36-38-40-42-44-49(51)57-47(46-56-58(52,53)54-3)45-55-48(50)43-41-39-37-35-33-31-29-27-23-21-19-17-15-13-11-9-7-5-2/h6,8,12,14,18,20,24-25,47H,4-5,7,9-11,13,15-17,19,21-23,26-46H2,1-3H3,(H,52,53)/b8-6-,14-12-,20-18-,25-24-. The summed E-state index contributed by atoms with van der Waals surface area (Å²) in [5.41, 5.74) is 0. The van der Waals surface area contributed by atoms with Crippen LogP contribution < -0.4 is 0 Å². The van der Waals surface area contributed by atoms with Crippen LogP contribution in [0.1, 0.15) is 226 Å². The fraction of sp³-hybridized carbons (Fsp3) is 0.796. The monoisotopic (exact) mass is 837 g/mol. The average Bonchev–Trinajstić information content (AvgIpc) is 3.21. The molecule has 0 aromatic rings. The lowest BCUT2D eigenvalue weighted by atomic mass is 10.0. The Bertz CT molecular complexity index is 1080. The summed E-state index contributed by atoms with van der Waals surface area (Å²) < 4.78 is 32.1. The van der Waals surface area contributed by atoms with Crippen LogP contribution in [-0.2, 0) is 32.7 Å². The van der Waals surface area contributed by atoms with Gasteiger partial charge in [0.25, 0.3) is 0 Å². The molecule has 0 amide bonds. The molecule has 0 aromatic heterocycles. The second kappa shape index (κ2) is 44.6. The van der Waals surface area contributed by atoms with Crippen molar-refractivity contribution in [2.24, 2.45) is 0 Å². The molecule has 0 aromatic carbocycles. The van der Waals surface area contributed by atoms with Crippen LogP contribution in [0.3, 0.4) is 0 Å². The van der Waals surface area contributed by atoms with Crippen molar-refractivity contribution in [2.45, 2.75) is 232 Å². The zero-order chi connectivity index (χ0) is 42.5. The molecule has 338 valence electrons. The van der Waals surface area contributed by atoms with E-state index >= 15 is 0 Å². The molecule has 58 heavy (non-hydrogen) atoms. The molecule has 0 bridgehead atoms. The Labute approximate surface area is 357 Å². The van der Waals surface area contributed by atoms with E-state index in [0.717, 1.165) is 77.7 Å². The van der Waals surface area contributed by atoms with Gasteiger partial charge in [-0.15, -0.1) is 0 Å². The summed E-state index contributed by atoms with van der Waals surface area (Å²) in [4.78, 5) is 34.6. The number of carbonyl (C=O) groups is 2. The number of hydrogen-bond donors (Lipinski definition) is 1. The average molecular weight is 837 g/mol. The molecule has 0 aliphatic carbocycles. The van der Waals surface area contributed by atoms with E-state index in [4.69, 9.17) is 14.0 Å². The summed E-state index contributed by atoms with van der Waals surface area (Å²) in [6.07, 6.45) is 54.5. The van der Waals surface area contributed by atoms with Crippen molar-refractivity contribution >= 4 is 19.8 Å². The van der Waals surface area contributed by atoms with Crippen LogP contribution in [0.5, 0.6) is 0 Å². The van der Waals surface area contributed by atoms with Gasteiger partial charge in [-0.1, -0.05) is 210 Å². The van der Waals surface area contributed by atoms with Gasteiger partial charge in [-0.25, -0.2) is 4.57 Å². The normalized spacial score (nSPS) is 13.7. The van der Waals surface area contributed by atoms with E-state index in [0.29, 0.717) is 12.8 Å². The lowest BCUT2D eigenvalue weighted by Gasteiger charge is -2.19. The molecular weight excluding hydrogens is 748 g/mol. The molecule has 0 saturated heterocycles. The van der Waals surface area contributed by atoms with E-state index in [9.17, 15) is 19.0 Å². The molecule has 2 atom stereocenters. The van der Waals surface area contributed by atoms with Gasteiger partial charge in [0.2, 0.25) is 0 Å². The van der Waals surface area contributed by atoms with Crippen LogP contribution in [0.4, 0.5) is 0 Å². The minimum atomic E-state index is -4.27. The number of esters is 2. The number of unbranched alkanes of at least 4 members (excludes halogenated alkanes) is 25. The molecule has 0 aliphatic rings. The maximum atomic E-state index is 12.6. The van der Waals surface area contributed by atoms with Crippen LogP contribution in [-0.4, -0.2) is 43.3 Å². The first-order chi connectivity index (χ1) is 28.3. The quantitative estimate of drug-likeness (QED) is 0.0280. The first-order valence-electron chi connectivity index (χ1n) is 23.8. The Balaban J connectivity index is 3.94. The number of ether oxygens (including phenoxy) is 2. The molecule has 0 heterocycles. The molecule has 0 spiro atoms. The van der Waals surface area contributed by atoms with E-state index in [1.54, 1.807) is 0 Å². The van der Waals surface area contributed by atoms with E-state index in [-0.39, 0.29) is 19.0 Å². The first-order valence-corrected chi connectivity index (χ1v) is 25.3. The highest BCUT2D eigenvalue weighted by atomic mass is 31.2. The van der Waals surface area contributed by atoms with Gasteiger partial charge in [-0.2, -0.15) is 0 Å². The lowest BCUT2D eigenvalue weighted by Crippen LogP contribution is -2.29. The predicted octanol–water partition coefficient (Wildman–Crippen LogP) is 15.3. The topological polar surface area (TPSA) is 108 Å². The van der Waals surface area contributed by atoms with Crippen LogP contribution in [0.2, 0.25) is 0 Å². The summed E-state index contributed by atoms with van der Waals surface area (Å²) in [5, 5.41) is 0. The van der Waals surface area contributed by atoms with Crippen molar-refractivity contribution in [1.29, 1.82) is 0 Å². The third-order valence-corrected chi connectivity index (χ3v) is 11.3. The van der Waals surface area contributed by atoms with Gasteiger partial charge in [-0.3, -0.25) is 18.6 Å². The van der Waals surface area contributed by atoms with Crippen LogP contribution in [0.25, 0.3) is 0 Å². The summed E-state index contributed by atoms with van der Waals surface area (Å²) in [7, 11) is -3.20. The zero-order valence-electron chi connectivity index (χ0n) is 37.7. The molecule has 1 N–H and O–H groups in total. The summed E-state index contributed by atoms with van der Waals surface area (Å²) >= 11 is 0. The number of phosphoric acid groups is 1. The van der Waals surface area contributed by atoms with E-state index in [1.807, 2.05) is 0 Å². The second-order valence-electron chi connectivity index (χ2n) is 15.9. The Hall–Kier alpha value is -1.99. The van der Waals surface area contributed by atoms with Gasteiger partial charge < -0.3 is 14.4 Å². The minimum Gasteiger partial charge on any atom is -0.462 e. The summed E-state index contributed by atoms with van der Waals surface area (Å²) in [5.74, 6) is -0.805. The van der Waals surface area contributed by atoms with Crippen molar-refractivity contribution in [3.8, 4) is 0 Å². The molecule has 9 heteroatoms. The molecule has 0 fully saturated rings. The highest BCUT2D eigenvalue weighted by Gasteiger charge is 2.24. The highest BCUT2D eigenvalue weighted by Crippen LogP contribution is 2.42. The summed E-state index contributed by atoms with van der Waals surface area (Å²) in [6.45, 7) is 3.80. The van der Waals surface area contributed by atoms with E-state index in [1.165, 1.54) is 122 Å². The molecule has 0 rings (SSSR count). The first kappa shape index (κ1) is 56.0. The molecule has 0 saturated carbocycles. The van der Waals surface area contributed by atoms with Gasteiger partial charge >= 0.3 is 19.8 Å². The number of rotatable bonds is 44. The van der Waals surface area contributed by atoms with Gasteiger partial charge in [0, 0.05) is 20.0 Å². The predicted molar refractivity (Wildman–Crippen MR) is 244 cm³/mol. The van der Waals surface area contributed by atoms with E-state index in [2.05, 4.69) is 67.0 Å². The lowest BCUT2D eigenvalue weighted by molar-refractivity contribution is -0.161. The SMILES string of the molecule is CC/C=C\C/C=C\C/C=C\C/C=C\CCCCCCCCCCC(=O)OC(COC(=O)CCCCCCCCCCCCCCCCCCCC)COP(=O)(O)OC. The maximum absolute atomic E-state index is 12.6. The molecule has 0 aliphatic heterocycles. The number of phosphoric ester groups is 1. The zero-order valence-corrected chi connectivity index (χ0v) is 38.6. The van der Waals surface area contributed by atoms with Gasteiger partial charge in [0.1, 0.15) is 6.61 Å². The highest BCUT2D eigenvalue weighted by molar-refractivity contribution is 7.47. The Morgan fingerprint density at radius 2 is 0.879 bits per heavy atom. The Morgan fingerprint density at radius 1 is 0.500 bits per heavy atom. The fourth-order valence-electron chi connectivity index (χ4n) is 6.71. The number of hydrogen-bond acceptors (Lipinski definition) is 7. The van der Waals surface area contributed by atoms with Gasteiger partial charge in [0.15, 0.2) is 6.10 Å². The van der Waals surface area contributed by atoms with Crippen molar-refractivity contribution in [1.82, 2.24) is 0 Å². The van der Waals surface area contributed by atoms with Crippen LogP contribution in [0, 0.1) is 0 Å². The van der Waals surface area contributed by atoms with Crippen molar-refractivity contribution in [3.63, 3.8) is 0 Å². The molecule has 8 nitrogen and oxygen atoms in total. The smallest absolute Gasteiger partial charge is 0.462 e. The fourth-order valence-corrected chi connectivity index (χ4v) is 7.17. The Kier molecular flexibility index (Phi) is 43.0. The summed E-state index contributed by atoms with van der Waals surface area (Å²) in [6, 6.07) is 0. The largest absolute Gasteiger partial charge is 0.472 e. The van der Waals surface area contributed by atoms with Crippen molar-refractivity contribution in [3.05, 3.63) is 48.6 Å². The van der Waals surface area contributed by atoms with Crippen molar-refractivity contribution < 1.29 is 37.6 Å². The van der Waals surface area contributed by atoms with Gasteiger partial charge in [-0.05, 0) is 51.4 Å². The molecule has 0 radical (unpaired) electrons. The Morgan fingerprint density at radius 3 is 1.31 bits per heavy atom. The van der Waals surface area contributed by atoms with Crippen LogP contribution >= 0.6 is 7.82 Å². The van der Waals surface area contributed by atoms with Crippen LogP contribution in [0.15, 0.2) is 48.6 Å². The number of allylic oxidation sites excluding steroid dienone is 8. The second-order valence-corrected chi connectivity index (χ2v) is 17.4. The third kappa shape index (κ3) is 43.6. The molecule has 2 unspecified atom stereocenters. The minimum absolute atomic E-state index is 0.227.